The summed E-state index contributed by atoms with van der Waals surface area (Å²) in [6.45, 7) is 1.51. The Labute approximate surface area is 209 Å². The first-order valence-corrected chi connectivity index (χ1v) is 13.1. The van der Waals surface area contributed by atoms with Gasteiger partial charge in [0, 0.05) is 0 Å². The van der Waals surface area contributed by atoms with E-state index in [1.807, 2.05) is 0 Å². The Bertz CT molecular complexity index is 651. The molecule has 202 valence electrons. The van der Waals surface area contributed by atoms with Crippen molar-refractivity contribution in [2.75, 3.05) is 19.8 Å². The normalized spacial score (nSPS) is 14.8. The molecular formula is C27H46O8. The van der Waals surface area contributed by atoms with E-state index in [1.54, 1.807) is 24.3 Å². The zero-order chi connectivity index (χ0) is 25.9. The van der Waals surface area contributed by atoms with Gasteiger partial charge in [0.25, 0.3) is 0 Å². The summed E-state index contributed by atoms with van der Waals surface area (Å²) in [5.74, 6) is -0.0536. The van der Waals surface area contributed by atoms with Crippen molar-refractivity contribution in [3.05, 3.63) is 29.8 Å². The molecule has 8 nitrogen and oxygen atoms in total. The molecule has 0 radical (unpaired) electrons. The van der Waals surface area contributed by atoms with E-state index in [-0.39, 0.29) is 5.56 Å². The summed E-state index contributed by atoms with van der Waals surface area (Å²) >= 11 is 0. The number of esters is 1. The maximum absolute atomic E-state index is 12.1. The Morgan fingerprint density at radius 3 is 1.74 bits per heavy atom. The van der Waals surface area contributed by atoms with Crippen molar-refractivity contribution in [2.24, 2.45) is 0 Å². The van der Waals surface area contributed by atoms with Gasteiger partial charge in [0.2, 0.25) is 0 Å². The SMILES string of the molecule is CCCCCCCCCCCCCCOc1ccc(C(=O)OC[C@@H](O)[C@@H](O)[C@H](O)[C@@H](O)CO)cc1. The van der Waals surface area contributed by atoms with Crippen LogP contribution in [-0.4, -0.2) is 75.7 Å². The molecule has 0 saturated heterocycles. The first-order valence-electron chi connectivity index (χ1n) is 13.1. The van der Waals surface area contributed by atoms with Crippen LogP contribution < -0.4 is 4.74 Å². The van der Waals surface area contributed by atoms with Crippen molar-refractivity contribution in [3.8, 4) is 5.75 Å². The smallest absolute Gasteiger partial charge is 0.338 e. The van der Waals surface area contributed by atoms with Crippen LogP contribution in [0.25, 0.3) is 0 Å². The largest absolute Gasteiger partial charge is 0.494 e. The second kappa shape index (κ2) is 19.5. The predicted molar refractivity (Wildman–Crippen MR) is 134 cm³/mol. The first-order chi connectivity index (χ1) is 16.9. The fourth-order valence-corrected chi connectivity index (χ4v) is 3.73. The van der Waals surface area contributed by atoms with E-state index in [1.165, 1.54) is 64.2 Å². The predicted octanol–water partition coefficient (Wildman–Crippen LogP) is 3.36. The van der Waals surface area contributed by atoms with Crippen molar-refractivity contribution >= 4 is 5.97 Å². The molecule has 0 spiro atoms. The maximum Gasteiger partial charge on any atom is 0.338 e. The van der Waals surface area contributed by atoms with Crippen molar-refractivity contribution in [3.63, 3.8) is 0 Å². The molecule has 1 aromatic carbocycles. The van der Waals surface area contributed by atoms with Crippen LogP contribution in [0.5, 0.6) is 5.75 Å². The molecule has 0 saturated carbocycles. The van der Waals surface area contributed by atoms with Crippen LogP contribution in [0.4, 0.5) is 0 Å². The topological polar surface area (TPSA) is 137 Å². The molecule has 8 heteroatoms. The van der Waals surface area contributed by atoms with E-state index in [2.05, 4.69) is 6.92 Å². The zero-order valence-corrected chi connectivity index (χ0v) is 21.2. The van der Waals surface area contributed by atoms with Gasteiger partial charge in [0.05, 0.1) is 18.8 Å². The summed E-state index contributed by atoms with van der Waals surface area (Å²) in [5.41, 5.74) is 0.250. The fourth-order valence-electron chi connectivity index (χ4n) is 3.73. The average molecular weight is 499 g/mol. The third kappa shape index (κ3) is 13.8. The maximum atomic E-state index is 12.1. The molecule has 1 rings (SSSR count). The molecule has 0 heterocycles. The number of aliphatic hydroxyl groups excluding tert-OH is 5. The van der Waals surface area contributed by atoms with Crippen molar-refractivity contribution < 1.29 is 39.8 Å². The highest BCUT2D eigenvalue weighted by atomic mass is 16.5. The fraction of sp³-hybridized carbons (Fsp3) is 0.741. The highest BCUT2D eigenvalue weighted by Gasteiger charge is 2.30. The summed E-state index contributed by atoms with van der Waals surface area (Å²) in [7, 11) is 0. The molecule has 0 aliphatic heterocycles. The summed E-state index contributed by atoms with van der Waals surface area (Å²) in [4.78, 5) is 12.1. The number of carbonyl (C=O) groups is 1. The van der Waals surface area contributed by atoms with Crippen molar-refractivity contribution in [1.29, 1.82) is 0 Å². The van der Waals surface area contributed by atoms with Gasteiger partial charge >= 0.3 is 5.97 Å². The van der Waals surface area contributed by atoms with Crippen LogP contribution in [0, 0.1) is 0 Å². The van der Waals surface area contributed by atoms with Gasteiger partial charge in [-0.15, -0.1) is 0 Å². The van der Waals surface area contributed by atoms with E-state index in [4.69, 9.17) is 14.6 Å². The van der Waals surface area contributed by atoms with E-state index in [0.717, 1.165) is 12.8 Å². The number of benzene rings is 1. The molecule has 0 aliphatic carbocycles. The molecule has 0 aliphatic rings. The van der Waals surface area contributed by atoms with Gasteiger partial charge in [-0.1, -0.05) is 77.6 Å². The lowest BCUT2D eigenvalue weighted by Crippen LogP contribution is -2.47. The Hall–Kier alpha value is -1.71. The van der Waals surface area contributed by atoms with Crippen molar-refractivity contribution in [2.45, 2.75) is 108 Å². The van der Waals surface area contributed by atoms with Crippen LogP contribution in [-0.2, 0) is 4.74 Å². The third-order valence-electron chi connectivity index (χ3n) is 6.07. The minimum absolute atomic E-state index is 0.250. The lowest BCUT2D eigenvalue weighted by molar-refractivity contribution is -0.124. The molecule has 35 heavy (non-hydrogen) atoms. The monoisotopic (exact) mass is 498 g/mol. The number of hydrogen-bond donors (Lipinski definition) is 5. The van der Waals surface area contributed by atoms with Gasteiger partial charge in [0.1, 0.15) is 36.8 Å². The zero-order valence-electron chi connectivity index (χ0n) is 21.2. The van der Waals surface area contributed by atoms with Gasteiger partial charge in [-0.25, -0.2) is 4.79 Å². The van der Waals surface area contributed by atoms with E-state index >= 15 is 0 Å². The molecule has 0 amide bonds. The first kappa shape index (κ1) is 31.3. The number of ether oxygens (including phenoxy) is 2. The summed E-state index contributed by atoms with van der Waals surface area (Å²) in [6.07, 6.45) is 8.65. The lowest BCUT2D eigenvalue weighted by Gasteiger charge is -2.25. The minimum atomic E-state index is -1.78. The second-order valence-electron chi connectivity index (χ2n) is 9.16. The summed E-state index contributed by atoms with van der Waals surface area (Å²) < 4.78 is 10.7. The average Bonchev–Trinajstić information content (AvgIpc) is 2.88. The van der Waals surface area contributed by atoms with Gasteiger partial charge in [-0.05, 0) is 30.7 Å². The van der Waals surface area contributed by atoms with E-state index < -0.39 is 43.6 Å². The Morgan fingerprint density at radius 2 is 1.23 bits per heavy atom. The van der Waals surface area contributed by atoms with Gasteiger partial charge in [0.15, 0.2) is 0 Å². The van der Waals surface area contributed by atoms with E-state index in [9.17, 15) is 25.2 Å². The van der Waals surface area contributed by atoms with Gasteiger partial charge in [-0.2, -0.15) is 0 Å². The number of aliphatic hydroxyl groups is 5. The second-order valence-corrected chi connectivity index (χ2v) is 9.16. The van der Waals surface area contributed by atoms with E-state index in [0.29, 0.717) is 12.4 Å². The summed E-state index contributed by atoms with van der Waals surface area (Å²) in [6, 6.07) is 6.44. The summed E-state index contributed by atoms with van der Waals surface area (Å²) in [5, 5.41) is 47.2. The highest BCUT2D eigenvalue weighted by molar-refractivity contribution is 5.89. The Balaban J connectivity index is 2.14. The molecule has 0 fully saturated rings. The number of carbonyl (C=O) groups excluding carboxylic acids is 1. The molecule has 1 aromatic rings. The van der Waals surface area contributed by atoms with Crippen LogP contribution >= 0.6 is 0 Å². The Kier molecular flexibility index (Phi) is 17.4. The minimum Gasteiger partial charge on any atom is -0.494 e. The molecule has 4 atom stereocenters. The van der Waals surface area contributed by atoms with Crippen LogP contribution in [0.15, 0.2) is 24.3 Å². The standard InChI is InChI=1S/C27H46O8/c1-2-3-4-5-6-7-8-9-10-11-12-13-18-34-22-16-14-21(15-17-22)27(33)35-20-24(30)26(32)25(31)23(29)19-28/h14-17,23-26,28-32H,2-13,18-20H2,1H3/t23-,24+,25+,26+/m0/s1. The van der Waals surface area contributed by atoms with Crippen LogP contribution in [0.1, 0.15) is 94.3 Å². The number of unbranched alkanes of at least 4 members (excludes halogenated alkanes) is 11. The van der Waals surface area contributed by atoms with Crippen LogP contribution in [0.2, 0.25) is 0 Å². The third-order valence-corrected chi connectivity index (χ3v) is 6.07. The van der Waals surface area contributed by atoms with Crippen LogP contribution in [0.3, 0.4) is 0 Å². The van der Waals surface area contributed by atoms with Gasteiger partial charge in [-0.3, -0.25) is 0 Å². The lowest BCUT2D eigenvalue weighted by atomic mass is 10.0. The molecule has 0 aromatic heterocycles. The quantitative estimate of drug-likeness (QED) is 0.129. The molecule has 0 unspecified atom stereocenters. The van der Waals surface area contributed by atoms with Crippen molar-refractivity contribution in [1.82, 2.24) is 0 Å². The van der Waals surface area contributed by atoms with Gasteiger partial charge < -0.3 is 35.0 Å². The number of rotatable bonds is 21. The Morgan fingerprint density at radius 1 is 0.743 bits per heavy atom. The number of hydrogen-bond acceptors (Lipinski definition) is 8. The molecule has 5 N–H and O–H groups in total. The molecular weight excluding hydrogens is 452 g/mol. The molecule has 0 bridgehead atoms. The highest BCUT2D eigenvalue weighted by Crippen LogP contribution is 2.15.